The molecule has 4 heterocycles. The van der Waals surface area contributed by atoms with Crippen molar-refractivity contribution in [2.24, 2.45) is 5.92 Å². The van der Waals surface area contributed by atoms with E-state index < -0.39 is 0 Å². The second-order valence-corrected chi connectivity index (χ2v) is 9.05. The molecule has 4 saturated carbocycles. The van der Waals surface area contributed by atoms with Crippen LogP contribution in [-0.2, 0) is 5.54 Å². The average molecular weight is 400 g/mol. The normalized spacial score (nSPS) is 24.6. The molecule has 9 nitrogen and oxygen atoms in total. The third-order valence-electron chi connectivity index (χ3n) is 6.84. The highest BCUT2D eigenvalue weighted by molar-refractivity contribution is 6.00. The zero-order valence-electron chi connectivity index (χ0n) is 16.5. The van der Waals surface area contributed by atoms with Crippen LogP contribution >= 0.6 is 0 Å². The van der Waals surface area contributed by atoms with Crippen molar-refractivity contribution in [3.05, 3.63) is 30.0 Å². The number of hydrogen-bond donors (Lipinski definition) is 1. The predicted molar refractivity (Wildman–Crippen MR) is 108 cm³/mol. The molecule has 4 aromatic heterocycles. The average Bonchev–Trinajstić information content (AvgIpc) is 3.31. The minimum atomic E-state index is 0.0611. The van der Waals surface area contributed by atoms with E-state index in [2.05, 4.69) is 29.8 Å². The molecule has 8 rings (SSSR count). The lowest BCUT2D eigenvalue weighted by molar-refractivity contribution is -0.0946. The summed E-state index contributed by atoms with van der Waals surface area (Å²) in [5.41, 5.74) is 10.2. The van der Waals surface area contributed by atoms with E-state index in [4.69, 9.17) is 15.4 Å². The fraction of sp³-hybridized carbons (Fsp3) is 0.429. The summed E-state index contributed by atoms with van der Waals surface area (Å²) in [6, 6.07) is 0. The van der Waals surface area contributed by atoms with E-state index in [0.29, 0.717) is 28.9 Å². The number of rotatable bonds is 4. The Labute approximate surface area is 171 Å². The molecular formula is C21H20N8O. The van der Waals surface area contributed by atoms with E-state index in [1.165, 1.54) is 6.33 Å². The maximum Gasteiger partial charge on any atom is 0.165 e. The van der Waals surface area contributed by atoms with Crippen molar-refractivity contribution in [3.63, 3.8) is 0 Å². The Balaban J connectivity index is 1.50. The maximum absolute atomic E-state index is 6.32. The number of anilines is 1. The van der Waals surface area contributed by atoms with Crippen LogP contribution in [0.1, 0.15) is 49.3 Å². The van der Waals surface area contributed by atoms with Gasteiger partial charge in [-0.25, -0.2) is 24.6 Å². The third kappa shape index (κ3) is 2.07. The summed E-state index contributed by atoms with van der Waals surface area (Å²) in [6.07, 6.45) is 10.7. The van der Waals surface area contributed by atoms with Crippen LogP contribution in [0, 0.1) is 12.8 Å². The molecule has 0 atom stereocenters. The highest BCUT2D eigenvalue weighted by Crippen LogP contribution is 2.63. The molecule has 0 aromatic carbocycles. The fourth-order valence-corrected chi connectivity index (χ4v) is 4.99. The zero-order valence-corrected chi connectivity index (χ0v) is 16.5. The van der Waals surface area contributed by atoms with E-state index in [1.54, 1.807) is 0 Å². The lowest BCUT2D eigenvalue weighted by Crippen LogP contribution is -2.59. The molecule has 9 heteroatoms. The monoisotopic (exact) mass is 400 g/mol. The summed E-state index contributed by atoms with van der Waals surface area (Å²) in [5.74, 6) is 3.00. The topological polar surface area (TPSA) is 121 Å². The molecule has 0 radical (unpaired) electrons. The smallest absolute Gasteiger partial charge is 0.165 e. The number of nitrogen functional groups attached to an aromatic ring is 1. The standard InChI is InChI=1S/C21H20N8O/c1-10-7-23-19(24-8-10)13-16(28-30-17(13)12-2-3-12)15-14-18(22)25-9-26-20(14)29(27-15)21-4-11(5-21)6-21/h7-9,11-12H,2-6H2,1H3,(H2,22,25,26). The molecule has 4 aliphatic carbocycles. The molecule has 4 aromatic rings. The number of nitrogens with zero attached hydrogens (tertiary/aromatic N) is 7. The van der Waals surface area contributed by atoms with Gasteiger partial charge in [0, 0.05) is 18.3 Å². The molecule has 30 heavy (non-hydrogen) atoms. The van der Waals surface area contributed by atoms with Gasteiger partial charge in [-0.15, -0.1) is 0 Å². The lowest BCUT2D eigenvalue weighted by atomic mass is 9.50. The van der Waals surface area contributed by atoms with Gasteiger partial charge in [0.25, 0.3) is 0 Å². The minimum absolute atomic E-state index is 0.0611. The first-order chi connectivity index (χ1) is 14.6. The van der Waals surface area contributed by atoms with Crippen LogP contribution in [0.3, 0.4) is 0 Å². The van der Waals surface area contributed by atoms with Gasteiger partial charge in [-0.05, 0) is 50.5 Å². The van der Waals surface area contributed by atoms with Crippen molar-refractivity contribution in [3.8, 4) is 22.8 Å². The number of hydrogen-bond acceptors (Lipinski definition) is 8. The molecule has 2 bridgehead atoms. The summed E-state index contributed by atoms with van der Waals surface area (Å²) >= 11 is 0. The molecule has 0 aliphatic heterocycles. The minimum Gasteiger partial charge on any atom is -0.383 e. The molecule has 0 spiro atoms. The van der Waals surface area contributed by atoms with Gasteiger partial charge in [-0.2, -0.15) is 5.10 Å². The SMILES string of the molecule is Cc1cnc(-c2c(-c3nn(C45CC(C4)C5)c4ncnc(N)c34)noc2C2CC2)nc1. The molecule has 4 aliphatic rings. The second kappa shape index (κ2) is 5.41. The summed E-state index contributed by atoms with van der Waals surface area (Å²) in [6.45, 7) is 1.97. The first-order valence-electron chi connectivity index (χ1n) is 10.4. The predicted octanol–water partition coefficient (Wildman–Crippen LogP) is 3.22. The second-order valence-electron chi connectivity index (χ2n) is 9.05. The van der Waals surface area contributed by atoms with Crippen LogP contribution in [0.15, 0.2) is 23.2 Å². The molecule has 0 saturated heterocycles. The van der Waals surface area contributed by atoms with Gasteiger partial charge < -0.3 is 10.3 Å². The lowest BCUT2D eigenvalue weighted by Gasteiger charge is -2.61. The molecule has 2 N–H and O–H groups in total. The van der Waals surface area contributed by atoms with Crippen LogP contribution in [-0.4, -0.2) is 34.9 Å². The van der Waals surface area contributed by atoms with Crippen molar-refractivity contribution >= 4 is 16.9 Å². The Bertz CT molecular complexity index is 1300. The van der Waals surface area contributed by atoms with E-state index in [-0.39, 0.29) is 5.54 Å². The number of aryl methyl sites for hydroxylation is 1. The maximum atomic E-state index is 6.32. The number of nitrogens with two attached hydrogens (primary N) is 1. The quantitative estimate of drug-likeness (QED) is 0.554. The van der Waals surface area contributed by atoms with Crippen LogP contribution in [0.4, 0.5) is 5.82 Å². The Morgan fingerprint density at radius 2 is 1.83 bits per heavy atom. The van der Waals surface area contributed by atoms with Crippen molar-refractivity contribution in [1.29, 1.82) is 0 Å². The number of fused-ring (bicyclic) bond motifs is 1. The molecular weight excluding hydrogens is 380 g/mol. The molecule has 150 valence electrons. The van der Waals surface area contributed by atoms with Gasteiger partial charge in [0.15, 0.2) is 17.2 Å². The summed E-state index contributed by atoms with van der Waals surface area (Å²) < 4.78 is 7.89. The highest BCUT2D eigenvalue weighted by atomic mass is 16.5. The Morgan fingerprint density at radius 3 is 2.50 bits per heavy atom. The van der Waals surface area contributed by atoms with Crippen molar-refractivity contribution in [1.82, 2.24) is 34.9 Å². The number of aromatic nitrogens is 7. The third-order valence-corrected chi connectivity index (χ3v) is 6.84. The van der Waals surface area contributed by atoms with E-state index in [0.717, 1.165) is 65.9 Å². The Morgan fingerprint density at radius 1 is 1.07 bits per heavy atom. The van der Waals surface area contributed by atoms with Crippen LogP contribution in [0.5, 0.6) is 0 Å². The zero-order chi connectivity index (χ0) is 20.0. The van der Waals surface area contributed by atoms with Gasteiger partial charge in [-0.1, -0.05) is 5.16 Å². The van der Waals surface area contributed by atoms with Crippen LogP contribution < -0.4 is 5.73 Å². The van der Waals surface area contributed by atoms with Gasteiger partial charge in [0.05, 0.1) is 16.5 Å². The van der Waals surface area contributed by atoms with Gasteiger partial charge >= 0.3 is 0 Å². The first kappa shape index (κ1) is 16.4. The summed E-state index contributed by atoms with van der Waals surface area (Å²) in [7, 11) is 0. The Kier molecular flexibility index (Phi) is 2.96. The molecule has 0 amide bonds. The van der Waals surface area contributed by atoms with Gasteiger partial charge in [0.2, 0.25) is 0 Å². The van der Waals surface area contributed by atoms with Crippen molar-refractivity contribution < 1.29 is 4.52 Å². The summed E-state index contributed by atoms with van der Waals surface area (Å²) in [5, 5.41) is 10.2. The van der Waals surface area contributed by atoms with E-state index >= 15 is 0 Å². The van der Waals surface area contributed by atoms with Crippen LogP contribution in [0.25, 0.3) is 33.8 Å². The van der Waals surface area contributed by atoms with E-state index in [1.807, 2.05) is 19.3 Å². The van der Waals surface area contributed by atoms with E-state index in [9.17, 15) is 0 Å². The highest BCUT2D eigenvalue weighted by Gasteiger charge is 2.59. The molecule has 0 unspecified atom stereocenters. The van der Waals surface area contributed by atoms with Gasteiger partial charge in [-0.3, -0.25) is 0 Å². The summed E-state index contributed by atoms with van der Waals surface area (Å²) in [4.78, 5) is 17.9. The van der Waals surface area contributed by atoms with Gasteiger partial charge in [0.1, 0.15) is 23.5 Å². The molecule has 4 fully saturated rings. The fourth-order valence-electron chi connectivity index (χ4n) is 4.99. The van der Waals surface area contributed by atoms with Crippen LogP contribution in [0.2, 0.25) is 0 Å². The largest absolute Gasteiger partial charge is 0.383 e. The first-order valence-corrected chi connectivity index (χ1v) is 10.4. The van der Waals surface area contributed by atoms with Crippen molar-refractivity contribution in [2.45, 2.75) is 50.5 Å². The van der Waals surface area contributed by atoms with Crippen molar-refractivity contribution in [2.75, 3.05) is 5.73 Å². The Hall–Kier alpha value is -3.36.